The second-order valence-electron chi connectivity index (χ2n) is 3.12. The van der Waals surface area contributed by atoms with Crippen LogP contribution in [0.25, 0.3) is 0 Å². The van der Waals surface area contributed by atoms with Crippen molar-refractivity contribution < 1.29 is 8.42 Å². The summed E-state index contributed by atoms with van der Waals surface area (Å²) < 4.78 is 26.6. The lowest BCUT2D eigenvalue weighted by Crippen LogP contribution is -2.27. The van der Waals surface area contributed by atoms with Crippen LogP contribution in [0.5, 0.6) is 0 Å². The first-order chi connectivity index (χ1) is 7.03. The Morgan fingerprint density at radius 1 is 1.60 bits per heavy atom. The van der Waals surface area contributed by atoms with Gasteiger partial charge in [0.1, 0.15) is 6.33 Å². The van der Waals surface area contributed by atoms with E-state index in [4.69, 9.17) is 5.73 Å². The number of hydrogen-bond acceptors (Lipinski definition) is 5. The summed E-state index contributed by atoms with van der Waals surface area (Å²) in [5, 5.41) is 3.95. The van der Waals surface area contributed by atoms with E-state index in [1.807, 2.05) is 0 Å². The third kappa shape index (κ3) is 4.36. The Morgan fingerprint density at radius 2 is 2.33 bits per heavy atom. The zero-order chi connectivity index (χ0) is 11.3. The van der Waals surface area contributed by atoms with Gasteiger partial charge in [0.2, 0.25) is 10.0 Å². The van der Waals surface area contributed by atoms with Crippen LogP contribution < -0.4 is 10.5 Å². The van der Waals surface area contributed by atoms with Crippen molar-refractivity contribution >= 4 is 10.0 Å². The molecule has 0 fully saturated rings. The molecule has 1 aromatic heterocycles. The van der Waals surface area contributed by atoms with Crippen LogP contribution in [0.4, 0.5) is 0 Å². The van der Waals surface area contributed by atoms with Crippen LogP contribution in [-0.4, -0.2) is 35.5 Å². The van der Waals surface area contributed by atoms with Crippen molar-refractivity contribution in [1.29, 1.82) is 0 Å². The molecule has 0 bridgehead atoms. The highest BCUT2D eigenvalue weighted by Crippen LogP contribution is 1.92. The topological polar surface area (TPSA) is 103 Å². The number of rotatable bonds is 6. The van der Waals surface area contributed by atoms with E-state index in [1.54, 1.807) is 7.05 Å². The molecule has 0 amide bonds. The molecular formula is C7H15N5O2S. The Kier molecular flexibility index (Phi) is 4.18. The number of nitrogens with one attached hydrogen (secondary N) is 1. The molecule has 0 aromatic carbocycles. The zero-order valence-corrected chi connectivity index (χ0v) is 9.37. The van der Waals surface area contributed by atoms with Crippen molar-refractivity contribution in [3.05, 3.63) is 12.2 Å². The van der Waals surface area contributed by atoms with Crippen molar-refractivity contribution in [2.45, 2.75) is 13.0 Å². The summed E-state index contributed by atoms with van der Waals surface area (Å²) in [6.45, 7) is 0.483. The Bertz CT molecular complexity index is 399. The SMILES string of the molecule is Cn1cnc(CNS(=O)(=O)CCCN)n1. The molecule has 0 saturated heterocycles. The molecule has 8 heteroatoms. The Labute approximate surface area is 88.7 Å². The predicted octanol–water partition coefficient (Wildman–Crippen LogP) is -1.42. The van der Waals surface area contributed by atoms with E-state index >= 15 is 0 Å². The first-order valence-corrected chi connectivity index (χ1v) is 6.20. The first kappa shape index (κ1) is 12.1. The van der Waals surface area contributed by atoms with E-state index in [-0.39, 0.29) is 12.3 Å². The summed E-state index contributed by atoms with van der Waals surface area (Å²) in [7, 11) is -1.53. The van der Waals surface area contributed by atoms with Crippen LogP contribution in [0.15, 0.2) is 6.33 Å². The molecular weight excluding hydrogens is 218 g/mol. The molecule has 0 aliphatic heterocycles. The van der Waals surface area contributed by atoms with E-state index in [0.29, 0.717) is 18.8 Å². The van der Waals surface area contributed by atoms with Crippen molar-refractivity contribution in [3.8, 4) is 0 Å². The number of aromatic nitrogens is 3. The molecule has 3 N–H and O–H groups in total. The molecule has 0 spiro atoms. The minimum Gasteiger partial charge on any atom is -0.330 e. The molecule has 0 unspecified atom stereocenters. The van der Waals surface area contributed by atoms with Gasteiger partial charge in [0, 0.05) is 7.05 Å². The summed E-state index contributed by atoms with van der Waals surface area (Å²) in [5.74, 6) is 0.491. The lowest BCUT2D eigenvalue weighted by Gasteiger charge is -2.02. The van der Waals surface area contributed by atoms with Crippen LogP contribution >= 0.6 is 0 Å². The molecule has 0 saturated carbocycles. The highest BCUT2D eigenvalue weighted by atomic mass is 32.2. The van der Waals surface area contributed by atoms with Gasteiger partial charge in [0.25, 0.3) is 0 Å². The normalized spacial score (nSPS) is 11.9. The van der Waals surface area contributed by atoms with Crippen molar-refractivity contribution in [1.82, 2.24) is 19.5 Å². The summed E-state index contributed by atoms with van der Waals surface area (Å²) in [6, 6.07) is 0. The van der Waals surface area contributed by atoms with Gasteiger partial charge in [-0.05, 0) is 13.0 Å². The summed E-state index contributed by atoms with van der Waals surface area (Å²) in [4.78, 5) is 3.90. The molecule has 1 rings (SSSR count). The molecule has 86 valence electrons. The highest BCUT2D eigenvalue weighted by Gasteiger charge is 2.10. The second kappa shape index (κ2) is 5.19. The third-order valence-corrected chi connectivity index (χ3v) is 3.12. The fraction of sp³-hybridized carbons (Fsp3) is 0.714. The quantitative estimate of drug-likeness (QED) is 0.628. The van der Waals surface area contributed by atoms with E-state index < -0.39 is 10.0 Å². The number of nitrogens with zero attached hydrogens (tertiary/aromatic N) is 3. The van der Waals surface area contributed by atoms with Gasteiger partial charge < -0.3 is 5.73 Å². The fourth-order valence-electron chi connectivity index (χ4n) is 0.985. The van der Waals surface area contributed by atoms with Crippen molar-refractivity contribution in [2.24, 2.45) is 12.8 Å². The molecule has 0 aliphatic carbocycles. The largest absolute Gasteiger partial charge is 0.330 e. The average molecular weight is 233 g/mol. The number of hydrogen-bond donors (Lipinski definition) is 2. The third-order valence-electron chi connectivity index (χ3n) is 1.71. The number of sulfonamides is 1. The Morgan fingerprint density at radius 3 is 2.87 bits per heavy atom. The molecule has 1 heterocycles. The monoisotopic (exact) mass is 233 g/mol. The van der Waals surface area contributed by atoms with E-state index in [0.717, 1.165) is 0 Å². The maximum atomic E-state index is 11.3. The Balaban J connectivity index is 2.42. The second-order valence-corrected chi connectivity index (χ2v) is 5.04. The van der Waals surface area contributed by atoms with Crippen molar-refractivity contribution in [2.75, 3.05) is 12.3 Å². The minimum absolute atomic E-state index is 0.0380. The molecule has 7 nitrogen and oxygen atoms in total. The molecule has 1 aromatic rings. The average Bonchev–Trinajstić information content (AvgIpc) is 2.59. The van der Waals surface area contributed by atoms with Crippen LogP contribution in [0.3, 0.4) is 0 Å². The van der Waals surface area contributed by atoms with Crippen molar-refractivity contribution in [3.63, 3.8) is 0 Å². The lowest BCUT2D eigenvalue weighted by atomic mass is 10.5. The molecule has 0 radical (unpaired) electrons. The van der Waals surface area contributed by atoms with Gasteiger partial charge in [-0.3, -0.25) is 4.68 Å². The minimum atomic E-state index is -3.25. The molecule has 15 heavy (non-hydrogen) atoms. The number of aryl methyl sites for hydroxylation is 1. The maximum absolute atomic E-state index is 11.3. The van der Waals surface area contributed by atoms with Gasteiger partial charge in [0.15, 0.2) is 5.82 Å². The highest BCUT2D eigenvalue weighted by molar-refractivity contribution is 7.89. The van der Waals surface area contributed by atoms with Gasteiger partial charge in [-0.15, -0.1) is 0 Å². The Hall–Kier alpha value is -0.990. The van der Waals surface area contributed by atoms with Crippen LogP contribution in [0, 0.1) is 0 Å². The van der Waals surface area contributed by atoms with Gasteiger partial charge >= 0.3 is 0 Å². The molecule has 0 aliphatic rings. The van der Waals surface area contributed by atoms with E-state index in [2.05, 4.69) is 14.8 Å². The smallest absolute Gasteiger partial charge is 0.212 e. The maximum Gasteiger partial charge on any atom is 0.212 e. The standard InChI is InChI=1S/C7H15N5O2S/c1-12-6-9-7(11-12)5-10-15(13,14)4-2-3-8/h6,10H,2-5,8H2,1H3. The van der Waals surface area contributed by atoms with Gasteiger partial charge in [-0.2, -0.15) is 5.10 Å². The van der Waals surface area contributed by atoms with Crippen LogP contribution in [0.1, 0.15) is 12.2 Å². The van der Waals surface area contributed by atoms with Crippen LogP contribution in [-0.2, 0) is 23.6 Å². The summed E-state index contributed by atoms with van der Waals surface area (Å²) in [6.07, 6.45) is 1.97. The van der Waals surface area contributed by atoms with Crippen LogP contribution in [0.2, 0.25) is 0 Å². The molecule has 0 atom stereocenters. The lowest BCUT2D eigenvalue weighted by molar-refractivity contribution is 0.576. The predicted molar refractivity (Wildman–Crippen MR) is 55.3 cm³/mol. The number of nitrogens with two attached hydrogens (primary N) is 1. The summed E-state index contributed by atoms with van der Waals surface area (Å²) >= 11 is 0. The zero-order valence-electron chi connectivity index (χ0n) is 8.55. The summed E-state index contributed by atoms with van der Waals surface area (Å²) in [5.41, 5.74) is 5.23. The van der Waals surface area contributed by atoms with E-state index in [1.165, 1.54) is 11.0 Å². The van der Waals surface area contributed by atoms with Gasteiger partial charge in [-0.1, -0.05) is 0 Å². The first-order valence-electron chi connectivity index (χ1n) is 4.55. The van der Waals surface area contributed by atoms with Gasteiger partial charge in [0.05, 0.1) is 12.3 Å². The van der Waals surface area contributed by atoms with E-state index in [9.17, 15) is 8.42 Å². The van der Waals surface area contributed by atoms with Gasteiger partial charge in [-0.25, -0.2) is 18.1 Å². The fourth-order valence-corrected chi connectivity index (χ4v) is 2.03.